The fourth-order valence-corrected chi connectivity index (χ4v) is 2.23. The van der Waals surface area contributed by atoms with Gasteiger partial charge in [0.2, 0.25) is 0 Å². The molecule has 2 rings (SSSR count). The average Bonchev–Trinajstić information content (AvgIpc) is 2.72. The van der Waals surface area contributed by atoms with Gasteiger partial charge < -0.3 is 10.3 Å². The van der Waals surface area contributed by atoms with Gasteiger partial charge in [-0.1, -0.05) is 19.9 Å². The summed E-state index contributed by atoms with van der Waals surface area (Å²) in [5.41, 5.74) is 9.05. The van der Waals surface area contributed by atoms with Crippen LogP contribution in [-0.2, 0) is 17.9 Å². The first-order valence-corrected chi connectivity index (χ1v) is 6.71. The summed E-state index contributed by atoms with van der Waals surface area (Å²) in [5.74, 6) is 1.51. The molecule has 2 aromatic rings. The molecule has 0 fully saturated rings. The molecule has 4 nitrogen and oxygen atoms in total. The Morgan fingerprint density at radius 3 is 2.74 bits per heavy atom. The predicted molar refractivity (Wildman–Crippen MR) is 77.0 cm³/mol. The van der Waals surface area contributed by atoms with Crippen molar-refractivity contribution in [2.75, 3.05) is 0 Å². The number of fused-ring (bicyclic) bond motifs is 1. The topological polar surface area (TPSA) is 60.9 Å². The largest absolute Gasteiger partial charge is 0.326 e. The molecule has 0 radical (unpaired) electrons. The number of Topliss-reactive ketones (excluding diaryl/α,β-unsaturated/α-hetero) is 1. The molecule has 4 heteroatoms. The van der Waals surface area contributed by atoms with E-state index in [0.29, 0.717) is 25.4 Å². The zero-order valence-corrected chi connectivity index (χ0v) is 11.8. The highest BCUT2D eigenvalue weighted by Crippen LogP contribution is 2.22. The Balaban J connectivity index is 2.46. The third kappa shape index (κ3) is 2.84. The zero-order valence-electron chi connectivity index (χ0n) is 11.8. The van der Waals surface area contributed by atoms with Crippen molar-refractivity contribution in [3.8, 4) is 0 Å². The first-order chi connectivity index (χ1) is 9.02. The van der Waals surface area contributed by atoms with Crippen molar-refractivity contribution in [3.05, 3.63) is 29.6 Å². The summed E-state index contributed by atoms with van der Waals surface area (Å²) in [4.78, 5) is 15.7. The van der Waals surface area contributed by atoms with E-state index in [1.54, 1.807) is 6.92 Å². The van der Waals surface area contributed by atoms with Crippen molar-refractivity contribution < 1.29 is 4.79 Å². The highest BCUT2D eigenvalue weighted by atomic mass is 16.1. The van der Waals surface area contributed by atoms with E-state index in [1.165, 1.54) is 5.56 Å². The number of hydrogen-bond donors (Lipinski definition) is 1. The first-order valence-electron chi connectivity index (χ1n) is 6.71. The van der Waals surface area contributed by atoms with Crippen molar-refractivity contribution in [3.63, 3.8) is 0 Å². The van der Waals surface area contributed by atoms with Crippen LogP contribution >= 0.6 is 0 Å². The zero-order chi connectivity index (χ0) is 14.0. The molecule has 0 amide bonds. The van der Waals surface area contributed by atoms with Gasteiger partial charge in [-0.3, -0.25) is 4.79 Å². The Bertz CT molecular complexity index is 599. The minimum absolute atomic E-state index is 0.184. The molecule has 1 heterocycles. The lowest BCUT2D eigenvalue weighted by Crippen LogP contribution is -2.10. The molecule has 102 valence electrons. The summed E-state index contributed by atoms with van der Waals surface area (Å²) in [5, 5.41) is 0. The highest BCUT2D eigenvalue weighted by Gasteiger charge is 2.11. The van der Waals surface area contributed by atoms with Crippen LogP contribution in [0.1, 0.15) is 44.5 Å². The van der Waals surface area contributed by atoms with Gasteiger partial charge in [-0.2, -0.15) is 0 Å². The van der Waals surface area contributed by atoms with Crippen molar-refractivity contribution in [2.24, 2.45) is 5.73 Å². The van der Waals surface area contributed by atoms with E-state index < -0.39 is 0 Å². The quantitative estimate of drug-likeness (QED) is 0.897. The van der Waals surface area contributed by atoms with Gasteiger partial charge >= 0.3 is 0 Å². The molecular formula is C15H21N3O. The number of ketones is 1. The van der Waals surface area contributed by atoms with Crippen LogP contribution in [0.4, 0.5) is 0 Å². The number of hydrogen-bond acceptors (Lipinski definition) is 3. The van der Waals surface area contributed by atoms with Gasteiger partial charge in [0.05, 0.1) is 17.6 Å². The number of carbonyl (C=O) groups excluding carboxylic acids is 1. The lowest BCUT2D eigenvalue weighted by atomic mass is 10.0. The van der Waals surface area contributed by atoms with Crippen molar-refractivity contribution in [2.45, 2.75) is 46.2 Å². The van der Waals surface area contributed by atoms with Crippen LogP contribution in [0, 0.1) is 0 Å². The van der Waals surface area contributed by atoms with Crippen LogP contribution in [0.2, 0.25) is 0 Å². The van der Waals surface area contributed by atoms with E-state index in [1.807, 2.05) is 0 Å². The summed E-state index contributed by atoms with van der Waals surface area (Å²) in [6.45, 7) is 6.98. The molecule has 0 saturated carbocycles. The smallest absolute Gasteiger partial charge is 0.131 e. The van der Waals surface area contributed by atoms with Gasteiger partial charge in [0.25, 0.3) is 0 Å². The SMILES string of the molecule is CC(=O)CCn1c(CN)nc2cc(C(C)C)ccc21. The van der Waals surface area contributed by atoms with Gasteiger partial charge in [-0.25, -0.2) is 4.98 Å². The Morgan fingerprint density at radius 1 is 1.42 bits per heavy atom. The second-order valence-electron chi connectivity index (χ2n) is 5.24. The van der Waals surface area contributed by atoms with Gasteiger partial charge in [0, 0.05) is 13.0 Å². The molecule has 1 aromatic carbocycles. The predicted octanol–water partition coefficient (Wildman–Crippen LogP) is 2.60. The molecule has 0 bridgehead atoms. The third-order valence-electron chi connectivity index (χ3n) is 3.39. The van der Waals surface area contributed by atoms with E-state index in [4.69, 9.17) is 5.73 Å². The van der Waals surface area contributed by atoms with Crippen LogP contribution in [-0.4, -0.2) is 15.3 Å². The van der Waals surface area contributed by atoms with E-state index in [0.717, 1.165) is 16.9 Å². The van der Waals surface area contributed by atoms with Gasteiger partial charge in [0.1, 0.15) is 11.6 Å². The molecule has 2 N–H and O–H groups in total. The summed E-state index contributed by atoms with van der Waals surface area (Å²) in [7, 11) is 0. The first kappa shape index (κ1) is 13.7. The van der Waals surface area contributed by atoms with Gasteiger partial charge in [0.15, 0.2) is 0 Å². The number of aromatic nitrogens is 2. The third-order valence-corrected chi connectivity index (χ3v) is 3.39. The lowest BCUT2D eigenvalue weighted by Gasteiger charge is -2.08. The summed E-state index contributed by atoms with van der Waals surface area (Å²) >= 11 is 0. The van der Waals surface area contributed by atoms with Crippen LogP contribution in [0.3, 0.4) is 0 Å². The lowest BCUT2D eigenvalue weighted by molar-refractivity contribution is -0.117. The average molecular weight is 259 g/mol. The molecule has 0 aliphatic carbocycles. The number of carbonyl (C=O) groups is 1. The number of nitrogens with zero attached hydrogens (tertiary/aromatic N) is 2. The van der Waals surface area contributed by atoms with Crippen LogP contribution in [0.15, 0.2) is 18.2 Å². The summed E-state index contributed by atoms with van der Waals surface area (Å²) in [6, 6.07) is 6.32. The van der Waals surface area contributed by atoms with Gasteiger partial charge in [-0.15, -0.1) is 0 Å². The molecule has 0 aliphatic heterocycles. The van der Waals surface area contributed by atoms with Crippen molar-refractivity contribution >= 4 is 16.8 Å². The van der Waals surface area contributed by atoms with E-state index in [9.17, 15) is 4.79 Å². The fourth-order valence-electron chi connectivity index (χ4n) is 2.23. The minimum atomic E-state index is 0.184. The molecule has 1 aromatic heterocycles. The fraction of sp³-hybridized carbons (Fsp3) is 0.467. The maximum absolute atomic E-state index is 11.2. The van der Waals surface area contributed by atoms with Crippen LogP contribution in [0.25, 0.3) is 11.0 Å². The Hall–Kier alpha value is -1.68. The number of aryl methyl sites for hydroxylation is 1. The second kappa shape index (κ2) is 5.53. The number of imidazole rings is 1. The maximum atomic E-state index is 11.2. The number of nitrogens with two attached hydrogens (primary N) is 1. The number of rotatable bonds is 5. The molecule has 19 heavy (non-hydrogen) atoms. The molecular weight excluding hydrogens is 238 g/mol. The van der Waals surface area contributed by atoms with E-state index in [-0.39, 0.29) is 5.78 Å². The monoisotopic (exact) mass is 259 g/mol. The van der Waals surface area contributed by atoms with E-state index >= 15 is 0 Å². The van der Waals surface area contributed by atoms with Crippen molar-refractivity contribution in [1.29, 1.82) is 0 Å². The highest BCUT2D eigenvalue weighted by molar-refractivity contribution is 5.78. The summed E-state index contributed by atoms with van der Waals surface area (Å²) in [6.07, 6.45) is 0.518. The van der Waals surface area contributed by atoms with Gasteiger partial charge in [-0.05, 0) is 30.5 Å². The van der Waals surface area contributed by atoms with Crippen LogP contribution in [0.5, 0.6) is 0 Å². The molecule has 0 atom stereocenters. The maximum Gasteiger partial charge on any atom is 0.131 e. The minimum Gasteiger partial charge on any atom is -0.326 e. The molecule has 0 aliphatic rings. The Kier molecular flexibility index (Phi) is 4.00. The number of benzene rings is 1. The molecule has 0 spiro atoms. The standard InChI is InChI=1S/C15H21N3O/c1-10(2)12-4-5-14-13(8-12)17-15(9-16)18(14)7-6-11(3)19/h4-5,8,10H,6-7,9,16H2,1-3H3. The Morgan fingerprint density at radius 2 is 2.16 bits per heavy atom. The summed E-state index contributed by atoms with van der Waals surface area (Å²) < 4.78 is 2.06. The normalized spacial score (nSPS) is 11.4. The van der Waals surface area contributed by atoms with Crippen molar-refractivity contribution in [1.82, 2.24) is 9.55 Å². The van der Waals surface area contributed by atoms with Crippen LogP contribution < -0.4 is 5.73 Å². The molecule has 0 unspecified atom stereocenters. The van der Waals surface area contributed by atoms with E-state index in [2.05, 4.69) is 41.6 Å². The Labute approximate surface area is 113 Å². The molecule has 0 saturated heterocycles. The second-order valence-corrected chi connectivity index (χ2v) is 5.24.